The number of hydrogen-bond donors (Lipinski definition) is 1. The van der Waals surface area contributed by atoms with Crippen LogP contribution < -0.4 is 5.32 Å². The minimum atomic E-state index is -4.26. The number of rotatable bonds is 8. The maximum Gasteiger partial charge on any atom is 0.411 e. The van der Waals surface area contributed by atoms with E-state index in [9.17, 15) is 13.2 Å². The monoisotopic (exact) mass is 296 g/mol. The third-order valence-electron chi connectivity index (χ3n) is 2.42. The van der Waals surface area contributed by atoms with Crippen molar-refractivity contribution in [3.05, 3.63) is 16.1 Å². The molecule has 1 heterocycles. The molecule has 0 saturated carbocycles. The predicted molar refractivity (Wildman–Crippen MR) is 69.4 cm³/mol. The molecule has 0 aliphatic carbocycles. The van der Waals surface area contributed by atoms with Gasteiger partial charge in [0, 0.05) is 23.5 Å². The van der Waals surface area contributed by atoms with Gasteiger partial charge in [0.25, 0.3) is 0 Å². The standard InChI is InChI=1S/C12H19F3N2OS/c1-3-5-16-9(2)10-7-17-11(19-10)4-6-18-8-12(13,14)15/h7,9,16H,3-6,8H2,1-2H3. The molecule has 1 aromatic rings. The lowest BCUT2D eigenvalue weighted by Crippen LogP contribution is -2.18. The maximum absolute atomic E-state index is 11.9. The van der Waals surface area contributed by atoms with Crippen LogP contribution in [0.4, 0.5) is 13.2 Å². The van der Waals surface area contributed by atoms with Crippen LogP contribution >= 0.6 is 11.3 Å². The summed E-state index contributed by atoms with van der Waals surface area (Å²) in [5.41, 5.74) is 0. The molecule has 1 aromatic heterocycles. The van der Waals surface area contributed by atoms with E-state index < -0.39 is 12.8 Å². The molecule has 1 atom stereocenters. The first-order valence-corrected chi connectivity index (χ1v) is 7.06. The summed E-state index contributed by atoms with van der Waals surface area (Å²) in [5.74, 6) is 0. The fourth-order valence-electron chi connectivity index (χ4n) is 1.45. The average Bonchev–Trinajstić information content (AvgIpc) is 2.79. The van der Waals surface area contributed by atoms with Crippen molar-refractivity contribution in [3.8, 4) is 0 Å². The van der Waals surface area contributed by atoms with Gasteiger partial charge in [-0.25, -0.2) is 4.98 Å². The van der Waals surface area contributed by atoms with E-state index in [0.29, 0.717) is 6.42 Å². The van der Waals surface area contributed by atoms with Crippen molar-refractivity contribution < 1.29 is 17.9 Å². The largest absolute Gasteiger partial charge is 0.411 e. The summed E-state index contributed by atoms with van der Waals surface area (Å²) >= 11 is 1.51. The van der Waals surface area contributed by atoms with E-state index in [0.717, 1.165) is 22.9 Å². The van der Waals surface area contributed by atoms with Gasteiger partial charge < -0.3 is 10.1 Å². The molecule has 0 spiro atoms. The van der Waals surface area contributed by atoms with E-state index in [1.807, 2.05) is 6.92 Å². The van der Waals surface area contributed by atoms with Gasteiger partial charge in [-0.2, -0.15) is 13.2 Å². The summed E-state index contributed by atoms with van der Waals surface area (Å²) < 4.78 is 40.2. The molecule has 0 saturated heterocycles. The molecule has 0 aliphatic rings. The van der Waals surface area contributed by atoms with Crippen LogP contribution in [0.2, 0.25) is 0 Å². The second-order valence-corrected chi connectivity index (χ2v) is 5.40. The van der Waals surface area contributed by atoms with Gasteiger partial charge in [0.1, 0.15) is 6.61 Å². The Kier molecular flexibility index (Phi) is 6.74. The Morgan fingerprint density at radius 3 is 2.84 bits per heavy atom. The first-order valence-electron chi connectivity index (χ1n) is 6.25. The zero-order valence-corrected chi connectivity index (χ0v) is 11.9. The van der Waals surface area contributed by atoms with Gasteiger partial charge in [-0.05, 0) is 19.9 Å². The van der Waals surface area contributed by atoms with Crippen LogP contribution in [0.25, 0.3) is 0 Å². The van der Waals surface area contributed by atoms with Gasteiger partial charge in [-0.1, -0.05) is 6.92 Å². The minimum Gasteiger partial charge on any atom is -0.372 e. The third kappa shape index (κ3) is 6.89. The van der Waals surface area contributed by atoms with Gasteiger partial charge in [-0.3, -0.25) is 0 Å². The molecular weight excluding hydrogens is 277 g/mol. The molecule has 110 valence electrons. The summed E-state index contributed by atoms with van der Waals surface area (Å²) in [4.78, 5) is 5.29. The highest BCUT2D eigenvalue weighted by molar-refractivity contribution is 7.11. The Bertz CT molecular complexity index is 368. The Morgan fingerprint density at radius 2 is 2.21 bits per heavy atom. The Balaban J connectivity index is 2.30. The van der Waals surface area contributed by atoms with E-state index in [2.05, 4.69) is 22.0 Å². The highest BCUT2D eigenvalue weighted by atomic mass is 32.1. The normalized spacial score (nSPS) is 13.7. The number of nitrogens with zero attached hydrogens (tertiary/aromatic N) is 1. The van der Waals surface area contributed by atoms with Crippen molar-refractivity contribution in [2.45, 2.75) is 38.9 Å². The van der Waals surface area contributed by atoms with E-state index in [1.165, 1.54) is 11.3 Å². The molecule has 0 aromatic carbocycles. The molecule has 7 heteroatoms. The van der Waals surface area contributed by atoms with Crippen molar-refractivity contribution >= 4 is 11.3 Å². The van der Waals surface area contributed by atoms with Gasteiger partial charge in [-0.15, -0.1) is 11.3 Å². The first kappa shape index (κ1) is 16.4. The van der Waals surface area contributed by atoms with Crippen molar-refractivity contribution in [3.63, 3.8) is 0 Å². The zero-order valence-electron chi connectivity index (χ0n) is 11.1. The van der Waals surface area contributed by atoms with E-state index in [4.69, 9.17) is 0 Å². The molecule has 1 unspecified atom stereocenters. The number of halogens is 3. The number of aromatic nitrogens is 1. The fraction of sp³-hybridized carbons (Fsp3) is 0.750. The maximum atomic E-state index is 11.9. The summed E-state index contributed by atoms with van der Waals surface area (Å²) in [6.07, 6.45) is -1.01. The second kappa shape index (κ2) is 7.81. The summed E-state index contributed by atoms with van der Waals surface area (Å²) in [5, 5.41) is 4.15. The minimum absolute atomic E-state index is 0.0449. The SMILES string of the molecule is CCCNC(C)c1cnc(CCOCC(F)(F)F)s1. The van der Waals surface area contributed by atoms with Crippen LogP contribution in [-0.2, 0) is 11.2 Å². The molecule has 0 amide bonds. The summed E-state index contributed by atoms with van der Waals surface area (Å²) in [6.45, 7) is 3.93. The second-order valence-electron chi connectivity index (χ2n) is 4.25. The Labute approximate surface area is 115 Å². The van der Waals surface area contributed by atoms with Crippen LogP contribution in [0.15, 0.2) is 6.20 Å². The average molecular weight is 296 g/mol. The third-order valence-corrected chi connectivity index (χ3v) is 3.66. The van der Waals surface area contributed by atoms with Crippen LogP contribution in [0, 0.1) is 0 Å². The van der Waals surface area contributed by atoms with E-state index in [1.54, 1.807) is 6.20 Å². The quantitative estimate of drug-likeness (QED) is 0.747. The molecular formula is C12H19F3N2OS. The summed E-state index contributed by atoms with van der Waals surface area (Å²) in [6, 6.07) is 0.224. The lowest BCUT2D eigenvalue weighted by atomic mass is 10.3. The molecule has 0 fully saturated rings. The highest BCUT2D eigenvalue weighted by Crippen LogP contribution is 2.21. The van der Waals surface area contributed by atoms with Crippen LogP contribution in [-0.4, -0.2) is 30.9 Å². The number of nitrogens with one attached hydrogen (secondary N) is 1. The topological polar surface area (TPSA) is 34.2 Å². The molecule has 1 N–H and O–H groups in total. The van der Waals surface area contributed by atoms with Gasteiger partial charge >= 0.3 is 6.18 Å². The molecule has 0 bridgehead atoms. The highest BCUT2D eigenvalue weighted by Gasteiger charge is 2.27. The van der Waals surface area contributed by atoms with Gasteiger partial charge in [0.15, 0.2) is 0 Å². The molecule has 19 heavy (non-hydrogen) atoms. The number of ether oxygens (including phenoxy) is 1. The molecule has 3 nitrogen and oxygen atoms in total. The van der Waals surface area contributed by atoms with Crippen molar-refractivity contribution in [2.24, 2.45) is 0 Å². The number of alkyl halides is 3. The van der Waals surface area contributed by atoms with Crippen molar-refractivity contribution in [1.29, 1.82) is 0 Å². The Morgan fingerprint density at radius 1 is 1.47 bits per heavy atom. The van der Waals surface area contributed by atoms with Crippen molar-refractivity contribution in [2.75, 3.05) is 19.8 Å². The van der Waals surface area contributed by atoms with Crippen LogP contribution in [0.1, 0.15) is 36.2 Å². The fourth-order valence-corrected chi connectivity index (χ4v) is 2.38. The zero-order chi connectivity index (χ0) is 14.3. The van der Waals surface area contributed by atoms with Gasteiger partial charge in [0.2, 0.25) is 0 Å². The smallest absolute Gasteiger partial charge is 0.372 e. The Hall–Kier alpha value is -0.660. The number of thiazole rings is 1. The van der Waals surface area contributed by atoms with Crippen molar-refractivity contribution in [1.82, 2.24) is 10.3 Å². The summed E-state index contributed by atoms with van der Waals surface area (Å²) in [7, 11) is 0. The first-order chi connectivity index (χ1) is 8.92. The molecule has 1 rings (SSSR count). The molecule has 0 aliphatic heterocycles. The lowest BCUT2D eigenvalue weighted by molar-refractivity contribution is -0.173. The number of hydrogen-bond acceptors (Lipinski definition) is 4. The van der Waals surface area contributed by atoms with Gasteiger partial charge in [0.05, 0.1) is 11.6 Å². The van der Waals surface area contributed by atoms with Crippen LogP contribution in [0.5, 0.6) is 0 Å². The predicted octanol–water partition coefficient (Wildman–Crippen LogP) is 3.33. The van der Waals surface area contributed by atoms with E-state index in [-0.39, 0.29) is 12.6 Å². The lowest BCUT2D eigenvalue weighted by Gasteiger charge is -2.09. The van der Waals surface area contributed by atoms with E-state index >= 15 is 0 Å². The van der Waals surface area contributed by atoms with Crippen LogP contribution in [0.3, 0.4) is 0 Å². The molecule has 0 radical (unpaired) electrons.